The molecule has 3 aromatic rings. The molecule has 8 nitrogen and oxygen atoms in total. The molecular weight excluding hydrogens is 418 g/mol. The molecule has 0 bridgehead atoms. The molecule has 9 heteroatoms. The first kappa shape index (κ1) is 22.6. The van der Waals surface area contributed by atoms with Crippen LogP contribution in [0.25, 0.3) is 10.8 Å². The molecule has 0 spiro atoms. The van der Waals surface area contributed by atoms with Crippen molar-refractivity contribution in [1.82, 2.24) is 14.1 Å². The molecule has 1 heterocycles. The second-order valence-electron chi connectivity index (χ2n) is 7.79. The lowest BCUT2D eigenvalue weighted by Crippen LogP contribution is -2.28. The number of hydrogen-bond donors (Lipinski definition) is 0. The SMILES string of the molecule is CC(C)Cn1nc(C(=O)OCc2cccc(S(=O)(=O)N(C)C)c2)c2ccccc2c1=O. The number of carbonyl (C=O) groups excluding carboxylic acids is 1. The smallest absolute Gasteiger partial charge is 0.359 e. The summed E-state index contributed by atoms with van der Waals surface area (Å²) in [6, 6.07) is 13.0. The maximum atomic E-state index is 12.8. The Morgan fingerprint density at radius 1 is 1.10 bits per heavy atom. The van der Waals surface area contributed by atoms with Crippen LogP contribution < -0.4 is 5.56 Å². The number of sulfonamides is 1. The van der Waals surface area contributed by atoms with Crippen LogP contribution in [-0.2, 0) is 27.9 Å². The van der Waals surface area contributed by atoms with Crippen LogP contribution in [0.5, 0.6) is 0 Å². The number of rotatable bonds is 7. The zero-order valence-corrected chi connectivity index (χ0v) is 18.7. The Bertz CT molecular complexity index is 1280. The normalized spacial score (nSPS) is 11.9. The fourth-order valence-corrected chi connectivity index (χ4v) is 4.05. The summed E-state index contributed by atoms with van der Waals surface area (Å²) >= 11 is 0. The minimum atomic E-state index is -3.60. The maximum Gasteiger partial charge on any atom is 0.359 e. The van der Waals surface area contributed by atoms with Crippen molar-refractivity contribution >= 4 is 26.8 Å². The van der Waals surface area contributed by atoms with Gasteiger partial charge < -0.3 is 4.74 Å². The third kappa shape index (κ3) is 4.83. The van der Waals surface area contributed by atoms with Gasteiger partial charge in [-0.2, -0.15) is 5.10 Å². The second kappa shape index (κ2) is 8.99. The predicted octanol–water partition coefficient (Wildman–Crippen LogP) is 2.66. The van der Waals surface area contributed by atoms with Gasteiger partial charge >= 0.3 is 5.97 Å². The average molecular weight is 444 g/mol. The molecule has 31 heavy (non-hydrogen) atoms. The molecule has 0 aliphatic carbocycles. The van der Waals surface area contributed by atoms with Crippen molar-refractivity contribution in [2.24, 2.45) is 5.92 Å². The number of fused-ring (bicyclic) bond motifs is 1. The first-order valence-electron chi connectivity index (χ1n) is 9.79. The van der Waals surface area contributed by atoms with Gasteiger partial charge in [0.2, 0.25) is 10.0 Å². The van der Waals surface area contributed by atoms with Crippen molar-refractivity contribution < 1.29 is 17.9 Å². The summed E-state index contributed by atoms with van der Waals surface area (Å²) in [7, 11) is -0.700. The Labute approximate surface area is 181 Å². The maximum absolute atomic E-state index is 12.8. The van der Waals surface area contributed by atoms with E-state index in [0.29, 0.717) is 22.9 Å². The molecule has 0 radical (unpaired) electrons. The van der Waals surface area contributed by atoms with Crippen molar-refractivity contribution in [3.8, 4) is 0 Å². The van der Waals surface area contributed by atoms with Gasteiger partial charge in [-0.1, -0.05) is 44.2 Å². The van der Waals surface area contributed by atoms with Gasteiger partial charge in [0.1, 0.15) is 6.61 Å². The lowest BCUT2D eigenvalue weighted by molar-refractivity contribution is 0.0465. The van der Waals surface area contributed by atoms with E-state index in [1.807, 2.05) is 13.8 Å². The topological polar surface area (TPSA) is 98.6 Å². The fourth-order valence-electron chi connectivity index (χ4n) is 3.08. The summed E-state index contributed by atoms with van der Waals surface area (Å²) in [4.78, 5) is 25.6. The van der Waals surface area contributed by atoms with Crippen molar-refractivity contribution in [2.45, 2.75) is 31.9 Å². The molecule has 1 aromatic heterocycles. The minimum Gasteiger partial charge on any atom is -0.456 e. The van der Waals surface area contributed by atoms with Gasteiger partial charge in [-0.15, -0.1) is 0 Å². The number of hydrogen-bond acceptors (Lipinski definition) is 6. The van der Waals surface area contributed by atoms with Crippen molar-refractivity contribution in [3.63, 3.8) is 0 Å². The fraction of sp³-hybridized carbons (Fsp3) is 0.318. The van der Waals surface area contributed by atoms with Crippen LogP contribution in [0.2, 0.25) is 0 Å². The van der Waals surface area contributed by atoms with Crippen molar-refractivity contribution in [3.05, 3.63) is 70.1 Å². The molecule has 0 aliphatic rings. The first-order chi connectivity index (χ1) is 14.6. The number of nitrogens with zero attached hydrogens (tertiary/aromatic N) is 3. The monoisotopic (exact) mass is 443 g/mol. The molecule has 0 aliphatic heterocycles. The van der Waals surface area contributed by atoms with Crippen LogP contribution in [-0.4, -0.2) is 42.6 Å². The zero-order chi connectivity index (χ0) is 22.8. The number of carbonyl (C=O) groups is 1. The highest BCUT2D eigenvalue weighted by atomic mass is 32.2. The lowest BCUT2D eigenvalue weighted by Gasteiger charge is -2.13. The van der Waals surface area contributed by atoms with Crippen LogP contribution in [0.4, 0.5) is 0 Å². The van der Waals surface area contributed by atoms with E-state index in [0.717, 1.165) is 4.31 Å². The van der Waals surface area contributed by atoms with Gasteiger partial charge in [-0.05, 0) is 29.7 Å². The van der Waals surface area contributed by atoms with E-state index in [2.05, 4.69) is 5.10 Å². The zero-order valence-electron chi connectivity index (χ0n) is 17.9. The highest BCUT2D eigenvalue weighted by Crippen LogP contribution is 2.18. The molecule has 0 saturated carbocycles. The van der Waals surface area contributed by atoms with Crippen molar-refractivity contribution in [2.75, 3.05) is 14.1 Å². The molecule has 164 valence electrons. The van der Waals surface area contributed by atoms with Gasteiger partial charge in [0.05, 0.1) is 10.3 Å². The molecule has 2 aromatic carbocycles. The van der Waals surface area contributed by atoms with Gasteiger partial charge in [-0.3, -0.25) is 4.79 Å². The highest BCUT2D eigenvalue weighted by molar-refractivity contribution is 7.89. The van der Waals surface area contributed by atoms with E-state index in [4.69, 9.17) is 4.74 Å². The number of aromatic nitrogens is 2. The third-order valence-corrected chi connectivity index (χ3v) is 6.46. The van der Waals surface area contributed by atoms with Crippen LogP contribution in [0.3, 0.4) is 0 Å². The van der Waals surface area contributed by atoms with Crippen molar-refractivity contribution in [1.29, 1.82) is 0 Å². The molecule has 0 unspecified atom stereocenters. The Balaban J connectivity index is 1.91. The second-order valence-corrected chi connectivity index (χ2v) is 9.94. The van der Waals surface area contributed by atoms with Gasteiger partial charge in [-0.25, -0.2) is 22.2 Å². The van der Waals surface area contributed by atoms with E-state index in [9.17, 15) is 18.0 Å². The van der Waals surface area contributed by atoms with Gasteiger partial charge in [0.25, 0.3) is 5.56 Å². The van der Waals surface area contributed by atoms with E-state index in [-0.39, 0.29) is 28.7 Å². The Morgan fingerprint density at radius 3 is 2.42 bits per heavy atom. The summed E-state index contributed by atoms with van der Waals surface area (Å²) in [6.45, 7) is 4.15. The standard InChI is InChI=1S/C22H25N3O5S/c1-15(2)13-25-21(26)19-11-6-5-10-18(19)20(23-25)22(27)30-14-16-8-7-9-17(12-16)31(28,29)24(3)4/h5-12,15H,13-14H2,1-4H3. The van der Waals surface area contributed by atoms with Crippen LogP contribution in [0, 0.1) is 5.92 Å². The number of ether oxygens (including phenoxy) is 1. The predicted molar refractivity (Wildman–Crippen MR) is 117 cm³/mol. The Hall–Kier alpha value is -3.04. The Kier molecular flexibility index (Phi) is 6.56. The quantitative estimate of drug-likeness (QED) is 0.521. The molecule has 0 atom stereocenters. The summed E-state index contributed by atoms with van der Waals surface area (Å²) in [5.41, 5.74) is 0.312. The number of esters is 1. The van der Waals surface area contributed by atoms with E-state index in [1.54, 1.807) is 36.4 Å². The summed E-state index contributed by atoms with van der Waals surface area (Å²) < 4.78 is 32.5. The summed E-state index contributed by atoms with van der Waals surface area (Å²) in [5, 5.41) is 5.07. The first-order valence-corrected chi connectivity index (χ1v) is 11.2. The van der Waals surface area contributed by atoms with Gasteiger partial charge in [0.15, 0.2) is 5.69 Å². The van der Waals surface area contributed by atoms with Crippen LogP contribution >= 0.6 is 0 Å². The summed E-state index contributed by atoms with van der Waals surface area (Å²) in [5.74, 6) is -0.522. The summed E-state index contributed by atoms with van der Waals surface area (Å²) in [6.07, 6.45) is 0. The molecule has 3 rings (SSSR count). The lowest BCUT2D eigenvalue weighted by atomic mass is 10.1. The number of benzene rings is 2. The third-order valence-electron chi connectivity index (χ3n) is 4.65. The van der Waals surface area contributed by atoms with E-state index >= 15 is 0 Å². The highest BCUT2D eigenvalue weighted by Gasteiger charge is 2.20. The molecule has 0 amide bonds. The van der Waals surface area contributed by atoms with E-state index < -0.39 is 16.0 Å². The van der Waals surface area contributed by atoms with Gasteiger partial charge in [0, 0.05) is 26.0 Å². The Morgan fingerprint density at radius 2 is 1.77 bits per heavy atom. The van der Waals surface area contributed by atoms with Crippen LogP contribution in [0.1, 0.15) is 29.9 Å². The molecule has 0 N–H and O–H groups in total. The minimum absolute atomic E-state index is 0.0490. The molecular formula is C22H25N3O5S. The molecule has 0 saturated heterocycles. The average Bonchev–Trinajstić information content (AvgIpc) is 2.74. The largest absolute Gasteiger partial charge is 0.456 e. The van der Waals surface area contributed by atoms with Crippen LogP contribution in [0.15, 0.2) is 58.2 Å². The molecule has 0 fully saturated rings. The van der Waals surface area contributed by atoms with E-state index in [1.165, 1.54) is 30.9 Å².